The quantitative estimate of drug-likeness (QED) is 0.767. The maximum absolute atomic E-state index is 12.7. The molecule has 0 N–H and O–H groups in total. The molecular weight excluding hydrogens is 324 g/mol. The largest absolute Gasteiger partial charge is 0.337 e. The molecule has 2 rings (SSSR count). The van der Waals surface area contributed by atoms with Gasteiger partial charge in [-0.1, -0.05) is 32.1 Å². The summed E-state index contributed by atoms with van der Waals surface area (Å²) in [5.74, 6) is 0.357. The molecule has 132 valence electrons. The molecule has 6 heteroatoms. The molecule has 1 aliphatic heterocycles. The Hall–Kier alpha value is -1.66. The fraction of sp³-hybridized carbons (Fsp3) is 0.500. The van der Waals surface area contributed by atoms with Gasteiger partial charge in [-0.05, 0) is 43.0 Å². The minimum absolute atomic E-state index is 0.0625. The third-order valence-corrected chi connectivity index (χ3v) is 6.47. The van der Waals surface area contributed by atoms with Gasteiger partial charge in [0.25, 0.3) is 0 Å². The Morgan fingerprint density at radius 1 is 1.17 bits per heavy atom. The molecule has 1 aromatic rings. The zero-order chi connectivity index (χ0) is 17.7. The predicted octanol–water partition coefficient (Wildman–Crippen LogP) is 2.61. The van der Waals surface area contributed by atoms with Gasteiger partial charge in [-0.25, -0.2) is 8.42 Å². The third kappa shape index (κ3) is 4.05. The standard InChI is InChI=1S/C18H26N2O3S/c1-4-6-18(21)19-11-13-20(14-12-19)24(22,23)17-9-7-16(8-10-17)15(3)5-2/h4,6-10,15H,5,11-14H2,1-3H3/b6-4+/t15-/m0/s1. The minimum Gasteiger partial charge on any atom is -0.337 e. The van der Waals surface area contributed by atoms with Gasteiger partial charge in [-0.2, -0.15) is 4.31 Å². The highest BCUT2D eigenvalue weighted by molar-refractivity contribution is 7.89. The van der Waals surface area contributed by atoms with Crippen LogP contribution in [0.2, 0.25) is 0 Å². The Morgan fingerprint density at radius 2 is 1.75 bits per heavy atom. The lowest BCUT2D eigenvalue weighted by Gasteiger charge is -2.33. The number of benzene rings is 1. The average molecular weight is 350 g/mol. The smallest absolute Gasteiger partial charge is 0.246 e. The lowest BCUT2D eigenvalue weighted by Crippen LogP contribution is -2.50. The number of hydrogen-bond donors (Lipinski definition) is 0. The van der Waals surface area contributed by atoms with Gasteiger partial charge in [0.05, 0.1) is 4.90 Å². The Labute approximate surface area is 145 Å². The monoisotopic (exact) mass is 350 g/mol. The van der Waals surface area contributed by atoms with Gasteiger partial charge in [-0.15, -0.1) is 0 Å². The van der Waals surface area contributed by atoms with Crippen LogP contribution in [0.25, 0.3) is 0 Å². The van der Waals surface area contributed by atoms with Crippen molar-refractivity contribution in [2.45, 2.75) is 38.0 Å². The normalized spacial score (nSPS) is 18.0. The molecule has 0 saturated carbocycles. The summed E-state index contributed by atoms with van der Waals surface area (Å²) in [6.45, 7) is 7.55. The first-order chi connectivity index (χ1) is 11.4. The molecule has 1 heterocycles. The Kier molecular flexibility index (Phi) is 6.18. The summed E-state index contributed by atoms with van der Waals surface area (Å²) in [6, 6.07) is 7.17. The first-order valence-corrected chi connectivity index (χ1v) is 9.85. The van der Waals surface area contributed by atoms with Crippen LogP contribution in [0.3, 0.4) is 0 Å². The van der Waals surface area contributed by atoms with E-state index in [1.807, 2.05) is 12.1 Å². The van der Waals surface area contributed by atoms with E-state index in [2.05, 4.69) is 13.8 Å². The lowest BCUT2D eigenvalue weighted by atomic mass is 9.99. The number of rotatable bonds is 5. The Morgan fingerprint density at radius 3 is 2.25 bits per heavy atom. The maximum Gasteiger partial charge on any atom is 0.246 e. The summed E-state index contributed by atoms with van der Waals surface area (Å²) in [4.78, 5) is 13.8. The summed E-state index contributed by atoms with van der Waals surface area (Å²) in [5.41, 5.74) is 1.15. The first-order valence-electron chi connectivity index (χ1n) is 8.41. The van der Waals surface area contributed by atoms with Gasteiger partial charge in [0, 0.05) is 26.2 Å². The van der Waals surface area contributed by atoms with E-state index in [1.54, 1.807) is 30.0 Å². The molecule has 0 radical (unpaired) electrons. The van der Waals surface area contributed by atoms with Crippen molar-refractivity contribution in [1.82, 2.24) is 9.21 Å². The van der Waals surface area contributed by atoms with Gasteiger partial charge >= 0.3 is 0 Å². The number of carbonyl (C=O) groups is 1. The van der Waals surface area contributed by atoms with E-state index in [0.717, 1.165) is 12.0 Å². The molecule has 0 bridgehead atoms. The van der Waals surface area contributed by atoms with Crippen molar-refractivity contribution in [1.29, 1.82) is 0 Å². The maximum atomic E-state index is 12.7. The molecule has 0 unspecified atom stereocenters. The Balaban J connectivity index is 2.07. The highest BCUT2D eigenvalue weighted by Crippen LogP contribution is 2.23. The van der Waals surface area contributed by atoms with Crippen molar-refractivity contribution >= 4 is 15.9 Å². The zero-order valence-corrected chi connectivity index (χ0v) is 15.4. The van der Waals surface area contributed by atoms with Crippen LogP contribution in [0.5, 0.6) is 0 Å². The van der Waals surface area contributed by atoms with E-state index >= 15 is 0 Å². The second-order valence-electron chi connectivity index (χ2n) is 6.11. The fourth-order valence-electron chi connectivity index (χ4n) is 2.75. The molecule has 0 aromatic heterocycles. The van der Waals surface area contributed by atoms with Gasteiger partial charge in [-0.3, -0.25) is 4.79 Å². The highest BCUT2D eigenvalue weighted by atomic mass is 32.2. The number of piperazine rings is 1. The van der Waals surface area contributed by atoms with Crippen molar-refractivity contribution in [3.63, 3.8) is 0 Å². The summed E-state index contributed by atoms with van der Waals surface area (Å²) < 4.78 is 27.0. The molecule has 1 aromatic carbocycles. The van der Waals surface area contributed by atoms with Crippen molar-refractivity contribution in [3.8, 4) is 0 Å². The van der Waals surface area contributed by atoms with Crippen LogP contribution in [-0.4, -0.2) is 49.7 Å². The third-order valence-electron chi connectivity index (χ3n) is 4.56. The number of amides is 1. The molecule has 5 nitrogen and oxygen atoms in total. The van der Waals surface area contributed by atoms with Crippen LogP contribution in [0.4, 0.5) is 0 Å². The van der Waals surface area contributed by atoms with E-state index < -0.39 is 10.0 Å². The van der Waals surface area contributed by atoms with Crippen molar-refractivity contribution in [2.24, 2.45) is 0 Å². The van der Waals surface area contributed by atoms with Crippen LogP contribution in [0.1, 0.15) is 38.7 Å². The van der Waals surface area contributed by atoms with Crippen LogP contribution in [-0.2, 0) is 14.8 Å². The predicted molar refractivity (Wildman–Crippen MR) is 95.3 cm³/mol. The van der Waals surface area contributed by atoms with Gasteiger partial charge in [0.1, 0.15) is 0 Å². The van der Waals surface area contributed by atoms with Gasteiger partial charge in [0.15, 0.2) is 0 Å². The molecule has 1 amide bonds. The second-order valence-corrected chi connectivity index (χ2v) is 8.05. The number of sulfonamides is 1. The van der Waals surface area contributed by atoms with Crippen molar-refractivity contribution in [2.75, 3.05) is 26.2 Å². The van der Waals surface area contributed by atoms with Gasteiger partial charge in [0.2, 0.25) is 15.9 Å². The van der Waals surface area contributed by atoms with Crippen LogP contribution in [0, 0.1) is 0 Å². The van der Waals surface area contributed by atoms with E-state index in [-0.39, 0.29) is 5.91 Å². The lowest BCUT2D eigenvalue weighted by molar-refractivity contribution is -0.127. The van der Waals surface area contributed by atoms with Crippen molar-refractivity contribution < 1.29 is 13.2 Å². The van der Waals surface area contributed by atoms with Crippen LogP contribution in [0.15, 0.2) is 41.3 Å². The number of nitrogens with zero attached hydrogens (tertiary/aromatic N) is 2. The molecule has 1 atom stereocenters. The fourth-order valence-corrected chi connectivity index (χ4v) is 4.17. The van der Waals surface area contributed by atoms with Crippen LogP contribution >= 0.6 is 0 Å². The summed E-state index contributed by atoms with van der Waals surface area (Å²) >= 11 is 0. The van der Waals surface area contributed by atoms with E-state index in [0.29, 0.717) is 37.0 Å². The molecular formula is C18H26N2O3S. The number of allylic oxidation sites excluding steroid dienone is 1. The first kappa shape index (κ1) is 18.7. The number of carbonyl (C=O) groups excluding carboxylic acids is 1. The topological polar surface area (TPSA) is 57.7 Å². The molecule has 0 aliphatic carbocycles. The zero-order valence-electron chi connectivity index (χ0n) is 14.6. The number of hydrogen-bond acceptors (Lipinski definition) is 3. The summed E-state index contributed by atoms with van der Waals surface area (Å²) in [6.07, 6.45) is 4.23. The second kappa shape index (κ2) is 7.94. The van der Waals surface area contributed by atoms with Crippen molar-refractivity contribution in [3.05, 3.63) is 42.0 Å². The SMILES string of the molecule is C/C=C/C(=O)N1CCN(S(=O)(=O)c2ccc([C@@H](C)CC)cc2)CC1. The average Bonchev–Trinajstić information content (AvgIpc) is 2.61. The Bertz CT molecular complexity index is 687. The summed E-state index contributed by atoms with van der Waals surface area (Å²) in [5, 5.41) is 0. The van der Waals surface area contributed by atoms with Gasteiger partial charge < -0.3 is 4.90 Å². The molecule has 1 fully saturated rings. The van der Waals surface area contributed by atoms with E-state index in [1.165, 1.54) is 10.4 Å². The molecule has 1 aliphatic rings. The van der Waals surface area contributed by atoms with E-state index in [4.69, 9.17) is 0 Å². The summed E-state index contributed by atoms with van der Waals surface area (Å²) in [7, 11) is -3.50. The van der Waals surface area contributed by atoms with E-state index in [9.17, 15) is 13.2 Å². The molecule has 1 saturated heterocycles. The molecule has 0 spiro atoms. The highest BCUT2D eigenvalue weighted by Gasteiger charge is 2.29. The molecule has 24 heavy (non-hydrogen) atoms. The van der Waals surface area contributed by atoms with Crippen LogP contribution < -0.4 is 0 Å². The minimum atomic E-state index is -3.50.